The lowest BCUT2D eigenvalue weighted by molar-refractivity contribution is 0.464. The molecule has 0 atom stereocenters. The smallest absolute Gasteiger partial charge is 0.0414 e. The first-order chi connectivity index (χ1) is 5.93. The van der Waals surface area contributed by atoms with Crippen LogP contribution in [-0.4, -0.2) is 5.48 Å². The number of hydrogen-bond donors (Lipinski definition) is 0. The average Bonchev–Trinajstić information content (AvgIpc) is 2.57. The third kappa shape index (κ3) is 6.09. The fourth-order valence-corrected chi connectivity index (χ4v) is 2.34. The zero-order valence-corrected chi connectivity index (χ0v) is 9.15. The summed E-state index contributed by atoms with van der Waals surface area (Å²) >= 11 is 0. The Morgan fingerprint density at radius 3 is 2.15 bits per heavy atom. The summed E-state index contributed by atoms with van der Waals surface area (Å²) in [5.41, 5.74) is 0. The Labute approximate surface area is 83.2 Å². The van der Waals surface area contributed by atoms with Gasteiger partial charge >= 0.3 is 0 Å². The number of unbranched alkanes of at least 4 members (excludes halogenated alkanes) is 4. The molecule has 1 fully saturated rings. The Kier molecular flexibility index (Phi) is 8.53. The molecule has 0 aliphatic heterocycles. The van der Waals surface area contributed by atoms with E-state index in [0.29, 0.717) is 0 Å². The normalized spacial score (nSPS) is 17.3. The Morgan fingerprint density at radius 2 is 1.54 bits per heavy atom. The maximum absolute atomic E-state index is 2.29. The third-order valence-corrected chi connectivity index (χ3v) is 3.19. The van der Waals surface area contributed by atoms with Crippen molar-refractivity contribution in [2.75, 3.05) is 0 Å². The zero-order chi connectivity index (χ0) is 8.65. The maximum Gasteiger partial charge on any atom is -0.0414 e. The molecular weight excluding hydrogens is 160 g/mol. The first-order valence-corrected chi connectivity index (χ1v) is 5.93. The van der Waals surface area contributed by atoms with Crippen LogP contribution in [0.2, 0.25) is 0 Å². The highest BCUT2D eigenvalue weighted by Gasteiger charge is 2.13. The topological polar surface area (TPSA) is 31.5 Å². The lowest BCUT2D eigenvalue weighted by Gasteiger charge is -2.07. The molecule has 1 rings (SSSR count). The van der Waals surface area contributed by atoms with Crippen LogP contribution in [0.3, 0.4) is 0 Å². The molecule has 0 bridgehead atoms. The molecule has 0 aromatic rings. The van der Waals surface area contributed by atoms with E-state index in [9.17, 15) is 0 Å². The molecule has 0 aromatic carbocycles. The van der Waals surface area contributed by atoms with Gasteiger partial charge in [-0.25, -0.2) is 0 Å². The van der Waals surface area contributed by atoms with Gasteiger partial charge in [-0.15, -0.1) is 0 Å². The van der Waals surface area contributed by atoms with Crippen LogP contribution in [0.4, 0.5) is 0 Å². The van der Waals surface area contributed by atoms with Crippen molar-refractivity contribution in [2.45, 2.75) is 71.1 Å². The first-order valence-electron chi connectivity index (χ1n) is 5.93. The molecule has 1 aliphatic rings. The molecule has 0 aromatic heterocycles. The average molecular weight is 186 g/mol. The van der Waals surface area contributed by atoms with E-state index in [2.05, 4.69) is 6.92 Å². The molecule has 1 aliphatic carbocycles. The molecule has 80 valence electrons. The summed E-state index contributed by atoms with van der Waals surface area (Å²) in [5.74, 6) is 1.12. The number of hydrogen-bond acceptors (Lipinski definition) is 0. The second-order valence-corrected chi connectivity index (χ2v) is 4.35. The molecule has 1 nitrogen and oxygen atoms in total. The van der Waals surface area contributed by atoms with Gasteiger partial charge in [0.2, 0.25) is 0 Å². The van der Waals surface area contributed by atoms with E-state index >= 15 is 0 Å². The van der Waals surface area contributed by atoms with Crippen LogP contribution in [-0.2, 0) is 0 Å². The summed E-state index contributed by atoms with van der Waals surface area (Å²) in [6.45, 7) is 2.29. The highest BCUT2D eigenvalue weighted by Crippen LogP contribution is 2.29. The highest BCUT2D eigenvalue weighted by atomic mass is 16.0. The second-order valence-electron chi connectivity index (χ2n) is 4.35. The van der Waals surface area contributed by atoms with E-state index in [4.69, 9.17) is 0 Å². The van der Waals surface area contributed by atoms with Gasteiger partial charge in [0.15, 0.2) is 0 Å². The third-order valence-electron chi connectivity index (χ3n) is 3.19. The van der Waals surface area contributed by atoms with Gasteiger partial charge < -0.3 is 5.48 Å². The van der Waals surface area contributed by atoms with Crippen molar-refractivity contribution in [3.8, 4) is 0 Å². The summed E-state index contributed by atoms with van der Waals surface area (Å²) < 4.78 is 0. The van der Waals surface area contributed by atoms with Crippen LogP contribution in [0, 0.1) is 5.92 Å². The molecule has 0 unspecified atom stereocenters. The van der Waals surface area contributed by atoms with Crippen LogP contribution < -0.4 is 0 Å². The Morgan fingerprint density at radius 1 is 0.923 bits per heavy atom. The van der Waals surface area contributed by atoms with Crippen LogP contribution in [0.25, 0.3) is 0 Å². The van der Waals surface area contributed by atoms with Gasteiger partial charge in [0.1, 0.15) is 0 Å². The lowest BCUT2D eigenvalue weighted by atomic mass is 9.99. The minimum absolute atomic E-state index is 0. The summed E-state index contributed by atoms with van der Waals surface area (Å²) in [5, 5.41) is 0. The van der Waals surface area contributed by atoms with Crippen molar-refractivity contribution in [2.24, 2.45) is 5.92 Å². The fraction of sp³-hybridized carbons (Fsp3) is 1.00. The molecule has 0 radical (unpaired) electrons. The highest BCUT2D eigenvalue weighted by molar-refractivity contribution is 4.66. The largest absolute Gasteiger partial charge is 0.412 e. The van der Waals surface area contributed by atoms with Gasteiger partial charge in [0.05, 0.1) is 0 Å². The Hall–Kier alpha value is -0.0400. The standard InChI is InChI=1S/C12H24.H2O/c1-2-3-4-5-6-9-12-10-7-8-11-12;/h12H,2-11H2,1H3;1H2. The molecule has 0 amide bonds. The second kappa shape index (κ2) is 8.55. The van der Waals surface area contributed by atoms with Gasteiger partial charge in [-0.1, -0.05) is 71.1 Å². The minimum atomic E-state index is 0. The van der Waals surface area contributed by atoms with Crippen molar-refractivity contribution >= 4 is 0 Å². The van der Waals surface area contributed by atoms with Crippen LogP contribution >= 0.6 is 0 Å². The summed E-state index contributed by atoms with van der Waals surface area (Å²) in [6.07, 6.45) is 14.9. The predicted octanol–water partition coefficient (Wildman–Crippen LogP) is 3.71. The number of rotatable bonds is 6. The molecule has 0 saturated heterocycles. The van der Waals surface area contributed by atoms with Gasteiger partial charge in [-0.3, -0.25) is 0 Å². The Bertz CT molecular complexity index is 95.3. The Balaban J connectivity index is 0.00000144. The molecule has 2 N–H and O–H groups in total. The van der Waals surface area contributed by atoms with Crippen LogP contribution in [0.15, 0.2) is 0 Å². The van der Waals surface area contributed by atoms with Crippen molar-refractivity contribution in [3.63, 3.8) is 0 Å². The van der Waals surface area contributed by atoms with Gasteiger partial charge in [0, 0.05) is 0 Å². The molecule has 1 heteroatoms. The van der Waals surface area contributed by atoms with Gasteiger partial charge in [0.25, 0.3) is 0 Å². The zero-order valence-electron chi connectivity index (χ0n) is 9.15. The summed E-state index contributed by atoms with van der Waals surface area (Å²) in [6, 6.07) is 0. The first kappa shape index (κ1) is 13.0. The van der Waals surface area contributed by atoms with E-state index in [0.717, 1.165) is 5.92 Å². The lowest BCUT2D eigenvalue weighted by Crippen LogP contribution is -1.92. The fourth-order valence-electron chi connectivity index (χ4n) is 2.34. The monoisotopic (exact) mass is 186 g/mol. The van der Waals surface area contributed by atoms with E-state index < -0.39 is 0 Å². The molecule has 0 heterocycles. The van der Waals surface area contributed by atoms with Crippen LogP contribution in [0.5, 0.6) is 0 Å². The van der Waals surface area contributed by atoms with E-state index in [1.165, 1.54) is 64.2 Å². The van der Waals surface area contributed by atoms with Crippen molar-refractivity contribution in [1.29, 1.82) is 0 Å². The molecular formula is C12H26O. The predicted molar refractivity (Wildman–Crippen MR) is 58.9 cm³/mol. The van der Waals surface area contributed by atoms with Gasteiger partial charge in [-0.05, 0) is 5.92 Å². The molecule has 13 heavy (non-hydrogen) atoms. The van der Waals surface area contributed by atoms with E-state index in [1.807, 2.05) is 0 Å². The minimum Gasteiger partial charge on any atom is -0.412 e. The van der Waals surface area contributed by atoms with E-state index in [1.54, 1.807) is 0 Å². The van der Waals surface area contributed by atoms with E-state index in [-0.39, 0.29) is 5.48 Å². The molecule has 0 spiro atoms. The summed E-state index contributed by atoms with van der Waals surface area (Å²) in [7, 11) is 0. The van der Waals surface area contributed by atoms with Gasteiger partial charge in [-0.2, -0.15) is 0 Å². The van der Waals surface area contributed by atoms with Crippen LogP contribution in [0.1, 0.15) is 71.1 Å². The van der Waals surface area contributed by atoms with Crippen molar-refractivity contribution in [3.05, 3.63) is 0 Å². The van der Waals surface area contributed by atoms with Crippen molar-refractivity contribution < 1.29 is 5.48 Å². The molecule has 1 saturated carbocycles. The quantitative estimate of drug-likeness (QED) is 0.566. The maximum atomic E-state index is 2.29. The SMILES string of the molecule is CCCCCCCC1CCCC1.O. The summed E-state index contributed by atoms with van der Waals surface area (Å²) in [4.78, 5) is 0. The van der Waals surface area contributed by atoms with Crippen molar-refractivity contribution in [1.82, 2.24) is 0 Å².